The first kappa shape index (κ1) is 10.3. The molecule has 0 amide bonds. The minimum Gasteiger partial charge on any atom is -0.302 e. The van der Waals surface area contributed by atoms with Crippen LogP contribution in [0.4, 0.5) is 0 Å². The van der Waals surface area contributed by atoms with Gasteiger partial charge in [-0.25, -0.2) is 13.6 Å². The first-order chi connectivity index (χ1) is 6.91. The van der Waals surface area contributed by atoms with Crippen LogP contribution in [0.3, 0.4) is 0 Å². The van der Waals surface area contributed by atoms with E-state index >= 15 is 0 Å². The number of hydrogen-bond acceptors (Lipinski definition) is 4. The lowest BCUT2D eigenvalue weighted by molar-refractivity contribution is -0.109. The van der Waals surface area contributed by atoms with Crippen LogP contribution in [0.25, 0.3) is 0 Å². The van der Waals surface area contributed by atoms with E-state index in [1.54, 1.807) is 0 Å². The molecule has 1 aliphatic carbocycles. The number of rotatable bonds is 3. The van der Waals surface area contributed by atoms with Gasteiger partial charge in [0.25, 0.3) is 10.0 Å². The molecule has 0 saturated heterocycles. The highest BCUT2D eigenvalue weighted by Crippen LogP contribution is 2.48. The molecule has 0 spiro atoms. The molecular formula is C8H11N3O3S. The van der Waals surface area contributed by atoms with Crippen LogP contribution < -0.4 is 5.14 Å². The summed E-state index contributed by atoms with van der Waals surface area (Å²) >= 11 is 0. The Morgan fingerprint density at radius 2 is 2.20 bits per heavy atom. The quantitative estimate of drug-likeness (QED) is 0.693. The Balaban J connectivity index is 2.65. The summed E-state index contributed by atoms with van der Waals surface area (Å²) < 4.78 is 23.8. The number of sulfonamides is 1. The molecule has 15 heavy (non-hydrogen) atoms. The molecule has 1 aliphatic rings. The zero-order chi connectivity index (χ0) is 11.3. The number of carbonyl (C=O) groups excluding carboxylic acids is 1. The molecule has 0 radical (unpaired) electrons. The molecule has 1 aromatic heterocycles. The summed E-state index contributed by atoms with van der Waals surface area (Å²) in [4.78, 5) is 10.9. The number of carbonyl (C=O) groups is 1. The van der Waals surface area contributed by atoms with Crippen LogP contribution in [0.15, 0.2) is 11.2 Å². The predicted molar refractivity (Wildman–Crippen MR) is 51.6 cm³/mol. The molecule has 1 heterocycles. The van der Waals surface area contributed by atoms with Gasteiger partial charge in [-0.2, -0.15) is 5.10 Å². The Morgan fingerprint density at radius 1 is 1.60 bits per heavy atom. The molecular weight excluding hydrogens is 218 g/mol. The maximum Gasteiger partial charge on any atom is 0.255 e. The van der Waals surface area contributed by atoms with E-state index in [1.807, 2.05) is 0 Å². The fraction of sp³-hybridized carbons (Fsp3) is 0.500. The molecule has 6 nitrogen and oxygen atoms in total. The summed E-state index contributed by atoms with van der Waals surface area (Å²) in [5.74, 6) is 0. The molecule has 82 valence electrons. The van der Waals surface area contributed by atoms with Crippen molar-refractivity contribution < 1.29 is 13.2 Å². The standard InChI is InChI=1S/C8H11N3O3S/c1-11-7(15(9,13)14)6(4-10-11)8(5-12)2-3-8/h4-5H,2-3H2,1H3,(H2,9,13,14). The summed E-state index contributed by atoms with van der Waals surface area (Å²) in [5.41, 5.74) is -0.252. The van der Waals surface area contributed by atoms with E-state index in [0.717, 1.165) is 6.29 Å². The summed E-state index contributed by atoms with van der Waals surface area (Å²) in [5, 5.41) is 8.85. The van der Waals surface area contributed by atoms with Crippen molar-refractivity contribution in [3.05, 3.63) is 11.8 Å². The molecule has 0 aromatic carbocycles. The van der Waals surface area contributed by atoms with Gasteiger partial charge in [-0.3, -0.25) is 4.68 Å². The largest absolute Gasteiger partial charge is 0.302 e. The van der Waals surface area contributed by atoms with Crippen molar-refractivity contribution in [1.82, 2.24) is 9.78 Å². The summed E-state index contributed by atoms with van der Waals surface area (Å²) in [6.07, 6.45) is 3.50. The SMILES string of the molecule is Cn1ncc(C2(C=O)CC2)c1S(N)(=O)=O. The number of aromatic nitrogens is 2. The fourth-order valence-corrected chi connectivity index (χ4v) is 2.67. The number of hydrogen-bond donors (Lipinski definition) is 1. The van der Waals surface area contributed by atoms with E-state index in [1.165, 1.54) is 17.9 Å². The topological polar surface area (TPSA) is 95.0 Å². The minimum atomic E-state index is -3.83. The Morgan fingerprint density at radius 3 is 2.60 bits per heavy atom. The molecule has 0 unspecified atom stereocenters. The first-order valence-corrected chi connectivity index (χ1v) is 5.97. The molecule has 1 aromatic rings. The third-order valence-corrected chi connectivity index (χ3v) is 3.73. The smallest absolute Gasteiger partial charge is 0.255 e. The average molecular weight is 229 g/mol. The Hall–Kier alpha value is -1.21. The third-order valence-electron chi connectivity index (χ3n) is 2.70. The second kappa shape index (κ2) is 2.89. The number of aldehydes is 1. The highest BCUT2D eigenvalue weighted by atomic mass is 32.2. The van der Waals surface area contributed by atoms with Gasteiger partial charge in [0.2, 0.25) is 0 Å². The Bertz CT molecular complexity index is 513. The van der Waals surface area contributed by atoms with Crippen molar-refractivity contribution >= 4 is 16.3 Å². The predicted octanol–water partition coefficient (Wildman–Crippen LogP) is -0.702. The highest BCUT2D eigenvalue weighted by molar-refractivity contribution is 7.89. The van der Waals surface area contributed by atoms with E-state index in [0.29, 0.717) is 18.4 Å². The maximum atomic E-state index is 11.3. The normalized spacial score (nSPS) is 18.8. The second-order valence-corrected chi connectivity index (χ2v) is 5.28. The van der Waals surface area contributed by atoms with Gasteiger partial charge < -0.3 is 4.79 Å². The lowest BCUT2D eigenvalue weighted by Crippen LogP contribution is -2.21. The van der Waals surface area contributed by atoms with Gasteiger partial charge in [-0.1, -0.05) is 0 Å². The van der Waals surface area contributed by atoms with Crippen LogP contribution in [-0.4, -0.2) is 24.5 Å². The van der Waals surface area contributed by atoms with Gasteiger partial charge in [0, 0.05) is 12.6 Å². The van der Waals surface area contributed by atoms with Gasteiger partial charge in [0.1, 0.15) is 6.29 Å². The van der Waals surface area contributed by atoms with Crippen LogP contribution in [-0.2, 0) is 27.3 Å². The molecule has 0 atom stereocenters. The van der Waals surface area contributed by atoms with E-state index < -0.39 is 15.4 Å². The van der Waals surface area contributed by atoms with Gasteiger partial charge >= 0.3 is 0 Å². The van der Waals surface area contributed by atoms with Crippen LogP contribution in [0.1, 0.15) is 18.4 Å². The zero-order valence-electron chi connectivity index (χ0n) is 8.17. The van der Waals surface area contributed by atoms with Crippen LogP contribution in [0, 0.1) is 0 Å². The van der Waals surface area contributed by atoms with Gasteiger partial charge in [0.15, 0.2) is 5.03 Å². The van der Waals surface area contributed by atoms with Crippen molar-refractivity contribution in [3.63, 3.8) is 0 Å². The van der Waals surface area contributed by atoms with E-state index in [-0.39, 0.29) is 5.03 Å². The molecule has 2 N–H and O–H groups in total. The lowest BCUT2D eigenvalue weighted by atomic mass is 10.0. The Labute approximate surface area is 87.1 Å². The molecule has 1 fully saturated rings. The summed E-state index contributed by atoms with van der Waals surface area (Å²) in [6, 6.07) is 0. The van der Waals surface area contributed by atoms with Crippen molar-refractivity contribution in [3.8, 4) is 0 Å². The average Bonchev–Trinajstić information content (AvgIpc) is 2.82. The van der Waals surface area contributed by atoms with Gasteiger partial charge in [-0.05, 0) is 12.8 Å². The minimum absolute atomic E-state index is 0.0629. The number of aryl methyl sites for hydroxylation is 1. The summed E-state index contributed by atoms with van der Waals surface area (Å²) in [7, 11) is -2.34. The van der Waals surface area contributed by atoms with Crippen molar-refractivity contribution in [2.75, 3.05) is 0 Å². The molecule has 1 saturated carbocycles. The molecule has 0 aliphatic heterocycles. The number of nitrogens with two attached hydrogens (primary N) is 1. The highest BCUT2D eigenvalue weighted by Gasteiger charge is 2.48. The molecule has 0 bridgehead atoms. The van der Waals surface area contributed by atoms with Crippen LogP contribution >= 0.6 is 0 Å². The third kappa shape index (κ3) is 1.47. The van der Waals surface area contributed by atoms with Gasteiger partial charge in [-0.15, -0.1) is 0 Å². The first-order valence-electron chi connectivity index (χ1n) is 4.42. The van der Waals surface area contributed by atoms with Crippen molar-refractivity contribution in [1.29, 1.82) is 0 Å². The molecule has 2 rings (SSSR count). The number of primary sulfonamides is 1. The Kier molecular flexibility index (Phi) is 1.99. The summed E-state index contributed by atoms with van der Waals surface area (Å²) in [6.45, 7) is 0. The zero-order valence-corrected chi connectivity index (χ0v) is 8.99. The fourth-order valence-electron chi connectivity index (χ4n) is 1.69. The monoisotopic (exact) mass is 229 g/mol. The van der Waals surface area contributed by atoms with E-state index in [2.05, 4.69) is 5.10 Å². The van der Waals surface area contributed by atoms with E-state index in [4.69, 9.17) is 5.14 Å². The van der Waals surface area contributed by atoms with Crippen molar-refractivity contribution in [2.24, 2.45) is 12.2 Å². The lowest BCUT2D eigenvalue weighted by Gasteiger charge is -2.07. The van der Waals surface area contributed by atoms with Crippen molar-refractivity contribution in [2.45, 2.75) is 23.3 Å². The van der Waals surface area contributed by atoms with Crippen LogP contribution in [0.5, 0.6) is 0 Å². The second-order valence-electron chi connectivity index (χ2n) is 3.81. The molecule has 7 heteroatoms. The maximum absolute atomic E-state index is 11.3. The van der Waals surface area contributed by atoms with Gasteiger partial charge in [0.05, 0.1) is 11.6 Å². The van der Waals surface area contributed by atoms with Crippen LogP contribution in [0.2, 0.25) is 0 Å². The van der Waals surface area contributed by atoms with E-state index in [9.17, 15) is 13.2 Å². The number of nitrogens with zero attached hydrogens (tertiary/aromatic N) is 2.